The van der Waals surface area contributed by atoms with Crippen molar-refractivity contribution in [3.63, 3.8) is 0 Å². The van der Waals surface area contributed by atoms with E-state index >= 15 is 0 Å². The first-order valence-electron chi connectivity index (χ1n) is 8.14. The van der Waals surface area contributed by atoms with Crippen LogP contribution in [0.25, 0.3) is 11.9 Å². The number of pyridine rings is 1. The van der Waals surface area contributed by atoms with Gasteiger partial charge in [0.2, 0.25) is 0 Å². The molecule has 3 aromatic rings. The quantitative estimate of drug-likeness (QED) is 0.599. The molecule has 4 nitrogen and oxygen atoms in total. The van der Waals surface area contributed by atoms with E-state index in [4.69, 9.17) is 0 Å². The molecule has 0 bridgehead atoms. The fraction of sp³-hybridized carbons (Fsp3) is 0.150. The number of rotatable bonds is 2. The number of carbonyl (C=O) groups excluding carboxylic acids is 1. The first-order valence-corrected chi connectivity index (χ1v) is 8.93. The lowest BCUT2D eigenvalue weighted by molar-refractivity contribution is 0.102. The molecule has 0 unspecified atom stereocenters. The molecule has 1 aliphatic rings. The van der Waals surface area contributed by atoms with E-state index in [-0.39, 0.29) is 5.78 Å². The summed E-state index contributed by atoms with van der Waals surface area (Å²) in [6.45, 7) is 1.89. The van der Waals surface area contributed by atoms with Gasteiger partial charge in [-0.1, -0.05) is 34.1 Å². The molecule has 124 valence electrons. The zero-order chi connectivity index (χ0) is 17.4. The van der Waals surface area contributed by atoms with Gasteiger partial charge in [0, 0.05) is 16.2 Å². The van der Waals surface area contributed by atoms with Crippen LogP contribution in [-0.2, 0) is 6.42 Å². The number of halogens is 1. The average Bonchev–Trinajstić information content (AvgIpc) is 2.97. The average molecular weight is 394 g/mol. The summed E-state index contributed by atoms with van der Waals surface area (Å²) in [6, 6.07) is 13.7. The molecular formula is C20H16BrN3O. The number of Topliss-reactive ketones (excluding diaryl/α,β-unsaturated/α-hetero) is 1. The van der Waals surface area contributed by atoms with Gasteiger partial charge in [0.05, 0.1) is 17.0 Å². The van der Waals surface area contributed by atoms with Crippen LogP contribution < -0.4 is 0 Å². The summed E-state index contributed by atoms with van der Waals surface area (Å²) in [5.74, 6) is 0.823. The SMILES string of the molecule is Cc1nn(-c2ccccn2)c2c1C(=O)/C(=C/c1ccc(Br)cc1)CC2. The minimum absolute atomic E-state index is 0.0730. The van der Waals surface area contributed by atoms with Gasteiger partial charge in [0.15, 0.2) is 11.6 Å². The standard InChI is InChI=1S/C20H16BrN3O/c1-13-19-17(24(23-13)18-4-2-3-11-22-18)10-7-15(20(19)25)12-14-5-8-16(21)9-6-14/h2-6,8-9,11-12H,7,10H2,1H3/b15-12+. The van der Waals surface area contributed by atoms with Crippen LogP contribution in [0.5, 0.6) is 0 Å². The Kier molecular flexibility index (Phi) is 4.09. The van der Waals surface area contributed by atoms with Gasteiger partial charge in [-0.15, -0.1) is 0 Å². The van der Waals surface area contributed by atoms with Crippen LogP contribution in [0.3, 0.4) is 0 Å². The van der Waals surface area contributed by atoms with Crippen molar-refractivity contribution < 1.29 is 4.79 Å². The summed E-state index contributed by atoms with van der Waals surface area (Å²) in [5, 5.41) is 4.57. The molecule has 1 aromatic carbocycles. The van der Waals surface area contributed by atoms with Crippen molar-refractivity contribution in [3.8, 4) is 5.82 Å². The fourth-order valence-electron chi connectivity index (χ4n) is 3.19. The van der Waals surface area contributed by atoms with E-state index in [9.17, 15) is 4.79 Å². The molecule has 2 aromatic heterocycles. The van der Waals surface area contributed by atoms with Crippen LogP contribution in [0.15, 0.2) is 58.7 Å². The number of hydrogen-bond acceptors (Lipinski definition) is 3. The van der Waals surface area contributed by atoms with Crippen molar-refractivity contribution in [3.05, 3.63) is 81.2 Å². The number of benzene rings is 1. The molecule has 2 heterocycles. The highest BCUT2D eigenvalue weighted by Crippen LogP contribution is 2.30. The van der Waals surface area contributed by atoms with Gasteiger partial charge in [-0.25, -0.2) is 9.67 Å². The van der Waals surface area contributed by atoms with Crippen molar-refractivity contribution in [1.29, 1.82) is 0 Å². The fourth-order valence-corrected chi connectivity index (χ4v) is 3.46. The van der Waals surface area contributed by atoms with Gasteiger partial charge >= 0.3 is 0 Å². The second-order valence-corrected chi connectivity index (χ2v) is 6.97. The number of carbonyl (C=O) groups is 1. The van der Waals surface area contributed by atoms with Crippen LogP contribution >= 0.6 is 15.9 Å². The predicted octanol–water partition coefficient (Wildman–Crippen LogP) is 4.55. The van der Waals surface area contributed by atoms with Crippen LogP contribution in [0.1, 0.15) is 33.7 Å². The molecule has 4 rings (SSSR count). The number of ketones is 1. The van der Waals surface area contributed by atoms with E-state index in [1.165, 1.54) is 0 Å². The molecule has 0 N–H and O–H groups in total. The molecule has 0 spiro atoms. The van der Waals surface area contributed by atoms with Crippen molar-refractivity contribution in [2.45, 2.75) is 19.8 Å². The van der Waals surface area contributed by atoms with E-state index in [1.54, 1.807) is 10.9 Å². The number of aromatic nitrogens is 3. The summed E-state index contributed by atoms with van der Waals surface area (Å²) in [6.07, 6.45) is 5.21. The highest BCUT2D eigenvalue weighted by molar-refractivity contribution is 9.10. The third-order valence-corrected chi connectivity index (χ3v) is 4.91. The third-order valence-electron chi connectivity index (χ3n) is 4.38. The highest BCUT2D eigenvalue weighted by atomic mass is 79.9. The van der Waals surface area contributed by atoms with Gasteiger partial charge in [0.1, 0.15) is 0 Å². The first kappa shape index (κ1) is 16.0. The molecule has 5 heteroatoms. The number of allylic oxidation sites excluding steroid dienone is 1. The number of nitrogens with zero attached hydrogens (tertiary/aromatic N) is 3. The van der Waals surface area contributed by atoms with E-state index in [1.807, 2.05) is 55.5 Å². The maximum absolute atomic E-state index is 13.0. The van der Waals surface area contributed by atoms with Crippen molar-refractivity contribution in [2.24, 2.45) is 0 Å². The normalized spacial score (nSPS) is 15.4. The summed E-state index contributed by atoms with van der Waals surface area (Å²) in [7, 11) is 0. The van der Waals surface area contributed by atoms with E-state index in [2.05, 4.69) is 26.0 Å². The van der Waals surface area contributed by atoms with Gasteiger partial charge in [-0.2, -0.15) is 5.10 Å². The summed E-state index contributed by atoms with van der Waals surface area (Å²) < 4.78 is 2.83. The first-order chi connectivity index (χ1) is 12.1. The van der Waals surface area contributed by atoms with Crippen molar-refractivity contribution >= 4 is 27.8 Å². The lowest BCUT2D eigenvalue weighted by Crippen LogP contribution is -2.16. The Morgan fingerprint density at radius 2 is 1.92 bits per heavy atom. The Labute approximate surface area is 154 Å². The monoisotopic (exact) mass is 393 g/mol. The summed E-state index contributed by atoms with van der Waals surface area (Å²) in [5.41, 5.74) is 4.30. The van der Waals surface area contributed by atoms with Crippen LogP contribution in [0.4, 0.5) is 0 Å². The van der Waals surface area contributed by atoms with Gasteiger partial charge in [0.25, 0.3) is 0 Å². The van der Waals surface area contributed by atoms with E-state index in [0.717, 1.165) is 44.8 Å². The Hall–Kier alpha value is -2.53. The second kappa shape index (κ2) is 6.41. The Bertz CT molecular complexity index is 972. The van der Waals surface area contributed by atoms with Crippen molar-refractivity contribution in [2.75, 3.05) is 0 Å². The lowest BCUT2D eigenvalue weighted by atomic mass is 9.89. The minimum atomic E-state index is 0.0730. The molecule has 0 aliphatic heterocycles. The Morgan fingerprint density at radius 3 is 2.64 bits per heavy atom. The summed E-state index contributed by atoms with van der Waals surface area (Å²) >= 11 is 3.43. The number of hydrogen-bond donors (Lipinski definition) is 0. The summed E-state index contributed by atoms with van der Waals surface area (Å²) in [4.78, 5) is 17.4. The van der Waals surface area contributed by atoms with Gasteiger partial charge in [-0.05, 0) is 55.7 Å². The lowest BCUT2D eigenvalue weighted by Gasteiger charge is -2.16. The van der Waals surface area contributed by atoms with Crippen molar-refractivity contribution in [1.82, 2.24) is 14.8 Å². The van der Waals surface area contributed by atoms with E-state index < -0.39 is 0 Å². The number of aryl methyl sites for hydroxylation is 1. The van der Waals surface area contributed by atoms with Crippen LogP contribution in [0, 0.1) is 6.92 Å². The second-order valence-electron chi connectivity index (χ2n) is 6.06. The van der Waals surface area contributed by atoms with Gasteiger partial charge < -0.3 is 0 Å². The van der Waals surface area contributed by atoms with Crippen LogP contribution in [0.2, 0.25) is 0 Å². The maximum Gasteiger partial charge on any atom is 0.192 e. The zero-order valence-electron chi connectivity index (χ0n) is 13.7. The third kappa shape index (κ3) is 2.96. The molecule has 0 fully saturated rings. The molecule has 0 amide bonds. The highest BCUT2D eigenvalue weighted by Gasteiger charge is 2.29. The van der Waals surface area contributed by atoms with Gasteiger partial charge in [-0.3, -0.25) is 4.79 Å². The smallest absolute Gasteiger partial charge is 0.192 e. The molecule has 0 saturated heterocycles. The molecule has 0 saturated carbocycles. The largest absolute Gasteiger partial charge is 0.289 e. The molecule has 25 heavy (non-hydrogen) atoms. The van der Waals surface area contributed by atoms with E-state index in [0.29, 0.717) is 6.42 Å². The van der Waals surface area contributed by atoms with Crippen LogP contribution in [-0.4, -0.2) is 20.5 Å². The predicted molar refractivity (Wildman–Crippen MR) is 101 cm³/mol. The maximum atomic E-state index is 13.0. The topological polar surface area (TPSA) is 47.8 Å². The molecular weight excluding hydrogens is 378 g/mol. The minimum Gasteiger partial charge on any atom is -0.289 e. The zero-order valence-corrected chi connectivity index (χ0v) is 15.3. The number of fused-ring (bicyclic) bond motifs is 1. The Morgan fingerprint density at radius 1 is 1.12 bits per heavy atom. The molecule has 0 atom stereocenters. The molecule has 0 radical (unpaired) electrons. The Balaban J connectivity index is 1.74. The molecule has 1 aliphatic carbocycles.